The first-order valence-corrected chi connectivity index (χ1v) is 9.77. The Kier molecular flexibility index (Phi) is 6.42. The van der Waals surface area contributed by atoms with Gasteiger partial charge in [-0.05, 0) is 38.0 Å². The zero-order valence-electron chi connectivity index (χ0n) is 14.1. The number of nitrogens with zero attached hydrogens (tertiary/aromatic N) is 1. The highest BCUT2D eigenvalue weighted by atomic mass is 35.5. The summed E-state index contributed by atoms with van der Waals surface area (Å²) in [6.45, 7) is 2.39. The highest BCUT2D eigenvalue weighted by Crippen LogP contribution is 2.25. The summed E-state index contributed by atoms with van der Waals surface area (Å²) in [5.41, 5.74) is -0.00416. The van der Waals surface area contributed by atoms with Crippen LogP contribution in [0.15, 0.2) is 23.1 Å². The van der Waals surface area contributed by atoms with E-state index in [4.69, 9.17) is 11.6 Å². The third-order valence-electron chi connectivity index (χ3n) is 4.04. The van der Waals surface area contributed by atoms with E-state index in [9.17, 15) is 18.0 Å². The summed E-state index contributed by atoms with van der Waals surface area (Å²) in [6.07, 6.45) is 2.64. The maximum atomic E-state index is 12.7. The molecule has 0 unspecified atom stereocenters. The first kappa shape index (κ1) is 19.7. The standard InChI is InChI=1S/C16H21ClN2O5S/c1-11(16(21)24-2)18-15(20)13-10-12(6-7-14(13)17)25(22,23)19-8-4-3-5-9-19/h6-7,10-11H,3-5,8-9H2,1-2H3,(H,18,20)/t11-/m0/s1. The third kappa shape index (κ3) is 4.50. The molecule has 1 saturated heterocycles. The van der Waals surface area contributed by atoms with Crippen LogP contribution in [0, 0.1) is 0 Å². The Hall–Kier alpha value is -1.64. The molecule has 0 spiro atoms. The summed E-state index contributed by atoms with van der Waals surface area (Å²) in [6, 6.07) is 3.12. The highest BCUT2D eigenvalue weighted by Gasteiger charge is 2.27. The minimum absolute atomic E-state index is 0.00416. The second-order valence-corrected chi connectivity index (χ2v) is 8.17. The molecule has 25 heavy (non-hydrogen) atoms. The summed E-state index contributed by atoms with van der Waals surface area (Å²) >= 11 is 6.04. The number of piperidine rings is 1. The second-order valence-electron chi connectivity index (χ2n) is 5.82. The van der Waals surface area contributed by atoms with Gasteiger partial charge in [0, 0.05) is 13.1 Å². The monoisotopic (exact) mass is 388 g/mol. The Bertz CT molecular complexity index is 760. The zero-order valence-corrected chi connectivity index (χ0v) is 15.7. The lowest BCUT2D eigenvalue weighted by Crippen LogP contribution is -2.39. The number of benzene rings is 1. The molecule has 0 bridgehead atoms. The van der Waals surface area contributed by atoms with Crippen LogP contribution in [0.2, 0.25) is 5.02 Å². The maximum absolute atomic E-state index is 12.7. The smallest absolute Gasteiger partial charge is 0.328 e. The van der Waals surface area contributed by atoms with Crippen LogP contribution >= 0.6 is 11.6 Å². The van der Waals surface area contributed by atoms with Gasteiger partial charge >= 0.3 is 5.97 Å². The van der Waals surface area contributed by atoms with Gasteiger partial charge in [0.25, 0.3) is 5.91 Å². The minimum Gasteiger partial charge on any atom is -0.467 e. The van der Waals surface area contributed by atoms with Crippen LogP contribution < -0.4 is 5.32 Å². The number of sulfonamides is 1. The van der Waals surface area contributed by atoms with Gasteiger partial charge in [-0.1, -0.05) is 18.0 Å². The van der Waals surface area contributed by atoms with Gasteiger partial charge in [-0.3, -0.25) is 4.79 Å². The quantitative estimate of drug-likeness (QED) is 0.776. The fourth-order valence-corrected chi connectivity index (χ4v) is 4.35. The molecule has 138 valence electrons. The molecule has 9 heteroatoms. The van der Waals surface area contributed by atoms with Crippen LogP contribution in [0.4, 0.5) is 0 Å². The summed E-state index contributed by atoms with van der Waals surface area (Å²) < 4.78 is 31.4. The Labute approximate surface area is 152 Å². The lowest BCUT2D eigenvalue weighted by Gasteiger charge is -2.26. The number of carbonyl (C=O) groups excluding carboxylic acids is 2. The SMILES string of the molecule is COC(=O)[C@H](C)NC(=O)c1cc(S(=O)(=O)N2CCCCC2)ccc1Cl. The van der Waals surface area contributed by atoms with Crippen molar-refractivity contribution in [1.82, 2.24) is 9.62 Å². The molecule has 1 aliphatic rings. The zero-order chi connectivity index (χ0) is 18.6. The van der Waals surface area contributed by atoms with E-state index in [-0.39, 0.29) is 15.5 Å². The van der Waals surface area contributed by atoms with Crippen molar-refractivity contribution >= 4 is 33.5 Å². The molecule has 1 heterocycles. The fourth-order valence-electron chi connectivity index (χ4n) is 2.60. The van der Waals surface area contributed by atoms with Crippen molar-refractivity contribution in [2.75, 3.05) is 20.2 Å². The van der Waals surface area contributed by atoms with Crippen molar-refractivity contribution in [2.24, 2.45) is 0 Å². The molecule has 0 radical (unpaired) electrons. The average Bonchev–Trinajstić information content (AvgIpc) is 2.61. The lowest BCUT2D eigenvalue weighted by molar-refractivity contribution is -0.142. The van der Waals surface area contributed by atoms with Crippen LogP contribution in [-0.4, -0.2) is 50.8 Å². The number of halogens is 1. The van der Waals surface area contributed by atoms with Crippen molar-refractivity contribution in [3.63, 3.8) is 0 Å². The molecular formula is C16H21ClN2O5S. The average molecular weight is 389 g/mol. The van der Waals surface area contributed by atoms with Gasteiger partial charge in [0.05, 0.1) is 22.6 Å². The number of carbonyl (C=O) groups is 2. The van der Waals surface area contributed by atoms with Crippen LogP contribution in [0.25, 0.3) is 0 Å². The number of rotatable bonds is 5. The normalized spacial score (nSPS) is 16.9. The molecule has 0 saturated carbocycles. The molecule has 1 atom stereocenters. The second kappa shape index (κ2) is 8.16. The predicted octanol–water partition coefficient (Wildman–Crippen LogP) is 1.81. The number of nitrogens with one attached hydrogen (secondary N) is 1. The molecule has 1 amide bonds. The van der Waals surface area contributed by atoms with Crippen molar-refractivity contribution in [1.29, 1.82) is 0 Å². The van der Waals surface area contributed by atoms with Gasteiger partial charge in [0.15, 0.2) is 0 Å². The molecule has 0 aromatic heterocycles. The van der Waals surface area contributed by atoms with E-state index in [0.29, 0.717) is 13.1 Å². The van der Waals surface area contributed by atoms with Gasteiger partial charge in [0.1, 0.15) is 6.04 Å². The number of methoxy groups -OCH3 is 1. The molecule has 1 aliphatic heterocycles. The first-order chi connectivity index (χ1) is 11.8. The van der Waals surface area contributed by atoms with Crippen molar-refractivity contribution in [3.05, 3.63) is 28.8 Å². The molecule has 0 aliphatic carbocycles. The maximum Gasteiger partial charge on any atom is 0.328 e. The predicted molar refractivity (Wildman–Crippen MR) is 93.0 cm³/mol. The number of esters is 1. The van der Waals surface area contributed by atoms with E-state index in [1.807, 2.05) is 0 Å². The van der Waals surface area contributed by atoms with Crippen molar-refractivity contribution < 1.29 is 22.7 Å². The number of ether oxygens (including phenoxy) is 1. The number of hydrogen-bond donors (Lipinski definition) is 1. The van der Waals surface area contributed by atoms with Gasteiger partial charge in [-0.25, -0.2) is 13.2 Å². The van der Waals surface area contributed by atoms with E-state index >= 15 is 0 Å². The lowest BCUT2D eigenvalue weighted by atomic mass is 10.2. The number of amides is 1. The van der Waals surface area contributed by atoms with Crippen LogP contribution in [0.1, 0.15) is 36.5 Å². The van der Waals surface area contributed by atoms with E-state index in [2.05, 4.69) is 10.1 Å². The molecule has 7 nitrogen and oxygen atoms in total. The van der Waals surface area contributed by atoms with Gasteiger partial charge < -0.3 is 10.1 Å². The molecule has 2 rings (SSSR count). The Morgan fingerprint density at radius 2 is 1.88 bits per heavy atom. The van der Waals surface area contributed by atoms with Crippen LogP contribution in [-0.2, 0) is 19.6 Å². The van der Waals surface area contributed by atoms with Gasteiger partial charge in [-0.2, -0.15) is 4.31 Å². The summed E-state index contributed by atoms with van der Waals surface area (Å²) in [5, 5.41) is 2.54. The fraction of sp³-hybridized carbons (Fsp3) is 0.500. The summed E-state index contributed by atoms with van der Waals surface area (Å²) in [5.74, 6) is -1.25. The van der Waals surface area contributed by atoms with E-state index < -0.39 is 27.9 Å². The Morgan fingerprint density at radius 3 is 2.48 bits per heavy atom. The molecule has 1 aromatic rings. The topological polar surface area (TPSA) is 92.8 Å². The summed E-state index contributed by atoms with van der Waals surface area (Å²) in [7, 11) is -2.47. The molecule has 1 aromatic carbocycles. The van der Waals surface area contributed by atoms with Crippen molar-refractivity contribution in [3.8, 4) is 0 Å². The van der Waals surface area contributed by atoms with Gasteiger partial charge in [-0.15, -0.1) is 0 Å². The van der Waals surface area contributed by atoms with E-state index in [0.717, 1.165) is 19.3 Å². The van der Waals surface area contributed by atoms with Crippen LogP contribution in [0.3, 0.4) is 0 Å². The Balaban J connectivity index is 2.27. The van der Waals surface area contributed by atoms with Gasteiger partial charge in [0.2, 0.25) is 10.0 Å². The summed E-state index contributed by atoms with van der Waals surface area (Å²) in [4.78, 5) is 23.8. The number of hydrogen-bond acceptors (Lipinski definition) is 5. The molecule has 1 fully saturated rings. The minimum atomic E-state index is -3.68. The highest BCUT2D eigenvalue weighted by molar-refractivity contribution is 7.89. The third-order valence-corrected chi connectivity index (χ3v) is 6.26. The van der Waals surface area contributed by atoms with E-state index in [1.165, 1.54) is 36.5 Å². The first-order valence-electron chi connectivity index (χ1n) is 7.95. The van der Waals surface area contributed by atoms with Crippen LogP contribution in [0.5, 0.6) is 0 Å². The molecular weight excluding hydrogens is 368 g/mol. The van der Waals surface area contributed by atoms with Crippen molar-refractivity contribution in [2.45, 2.75) is 37.1 Å². The molecule has 1 N–H and O–H groups in total. The largest absolute Gasteiger partial charge is 0.467 e. The van der Waals surface area contributed by atoms with E-state index in [1.54, 1.807) is 0 Å². The Morgan fingerprint density at radius 1 is 1.24 bits per heavy atom.